The Morgan fingerprint density at radius 1 is 1.15 bits per heavy atom. The van der Waals surface area contributed by atoms with Gasteiger partial charge >= 0.3 is 5.97 Å². The lowest BCUT2D eigenvalue weighted by Crippen LogP contribution is -2.22. The zero-order chi connectivity index (χ0) is 19.2. The second kappa shape index (κ2) is 8.91. The molecule has 140 valence electrons. The molecular weight excluding hydrogens is 356 g/mol. The van der Waals surface area contributed by atoms with Gasteiger partial charge in [0.25, 0.3) is 0 Å². The lowest BCUT2D eigenvalue weighted by atomic mass is 9.98. The molecule has 1 aliphatic rings. The molecule has 1 aliphatic heterocycles. The Labute approximate surface area is 164 Å². The summed E-state index contributed by atoms with van der Waals surface area (Å²) in [6, 6.07) is 17.8. The third-order valence-corrected chi connectivity index (χ3v) is 5.43. The number of amidine groups is 1. The Hall–Kier alpha value is -2.53. The molecule has 2 N–H and O–H groups in total. The van der Waals surface area contributed by atoms with Gasteiger partial charge in [0.15, 0.2) is 5.17 Å². The molecule has 4 nitrogen and oxygen atoms in total. The molecule has 0 saturated heterocycles. The quantitative estimate of drug-likeness (QED) is 0.574. The molecule has 0 aliphatic carbocycles. The highest BCUT2D eigenvalue weighted by Gasteiger charge is 2.33. The van der Waals surface area contributed by atoms with E-state index in [0.717, 1.165) is 24.0 Å². The molecule has 0 spiro atoms. The van der Waals surface area contributed by atoms with Crippen molar-refractivity contribution in [1.82, 2.24) is 0 Å². The van der Waals surface area contributed by atoms with Crippen molar-refractivity contribution in [2.24, 2.45) is 10.7 Å². The fourth-order valence-corrected chi connectivity index (χ4v) is 3.89. The second-order valence-corrected chi connectivity index (χ2v) is 7.60. The molecule has 3 rings (SSSR count). The molecule has 5 heteroatoms. The lowest BCUT2D eigenvalue weighted by Gasteiger charge is -2.25. The van der Waals surface area contributed by atoms with Gasteiger partial charge in [0.05, 0.1) is 23.1 Å². The molecule has 2 aromatic rings. The van der Waals surface area contributed by atoms with Gasteiger partial charge in [0.2, 0.25) is 0 Å². The summed E-state index contributed by atoms with van der Waals surface area (Å²) in [6.45, 7) is 4.52. The number of hydrogen-bond donors (Lipinski definition) is 1. The molecule has 0 saturated carbocycles. The van der Waals surface area contributed by atoms with Crippen LogP contribution in [0, 0.1) is 6.92 Å². The van der Waals surface area contributed by atoms with Crippen LogP contribution in [0.5, 0.6) is 0 Å². The number of nitrogens with zero attached hydrogens (tertiary/aromatic N) is 1. The zero-order valence-corrected chi connectivity index (χ0v) is 16.5. The number of carbonyl (C=O) groups excluding carboxylic acids is 1. The summed E-state index contributed by atoms with van der Waals surface area (Å²) in [7, 11) is 0. The topological polar surface area (TPSA) is 64.7 Å². The van der Waals surface area contributed by atoms with Gasteiger partial charge in [-0.2, -0.15) is 0 Å². The first kappa shape index (κ1) is 19.2. The van der Waals surface area contributed by atoms with Crippen LogP contribution in [-0.2, 0) is 9.53 Å². The van der Waals surface area contributed by atoms with E-state index in [1.165, 1.54) is 17.3 Å². The summed E-state index contributed by atoms with van der Waals surface area (Å²) >= 11 is 1.39. The molecule has 0 bridgehead atoms. The molecule has 1 unspecified atom stereocenters. The highest BCUT2D eigenvalue weighted by atomic mass is 32.2. The molecule has 27 heavy (non-hydrogen) atoms. The van der Waals surface area contributed by atoms with Crippen LogP contribution < -0.4 is 5.73 Å². The standard InChI is InChI=1S/C22H24N2O2S/c1-3-4-14-26-21(25)18-19(16-8-6-5-7-9-16)24-22(23)27-20(18)17-12-10-15(2)11-13-17/h5-13,20H,3-4,14H2,1-2H3,(H2,23,24). The molecule has 0 radical (unpaired) electrons. The Morgan fingerprint density at radius 3 is 2.52 bits per heavy atom. The number of ether oxygens (including phenoxy) is 1. The highest BCUT2D eigenvalue weighted by molar-refractivity contribution is 8.14. The van der Waals surface area contributed by atoms with Crippen molar-refractivity contribution in [2.75, 3.05) is 6.61 Å². The Morgan fingerprint density at radius 2 is 1.85 bits per heavy atom. The van der Waals surface area contributed by atoms with Gasteiger partial charge in [0.1, 0.15) is 0 Å². The normalized spacial score (nSPS) is 16.8. The van der Waals surface area contributed by atoms with Crippen LogP contribution in [0.3, 0.4) is 0 Å². The average molecular weight is 381 g/mol. The number of nitrogens with two attached hydrogens (primary N) is 1. The van der Waals surface area contributed by atoms with Crippen molar-refractivity contribution in [3.05, 3.63) is 76.9 Å². The molecular formula is C22H24N2O2S. The van der Waals surface area contributed by atoms with Crippen LogP contribution in [0.4, 0.5) is 0 Å². The van der Waals surface area contributed by atoms with E-state index >= 15 is 0 Å². The molecule has 0 amide bonds. The van der Waals surface area contributed by atoms with E-state index in [9.17, 15) is 4.79 Å². The van der Waals surface area contributed by atoms with Crippen molar-refractivity contribution in [3.8, 4) is 0 Å². The highest BCUT2D eigenvalue weighted by Crippen LogP contribution is 2.44. The molecule has 1 atom stereocenters. The number of esters is 1. The summed E-state index contributed by atoms with van der Waals surface area (Å²) in [6.07, 6.45) is 1.81. The van der Waals surface area contributed by atoms with Gasteiger partial charge in [-0.25, -0.2) is 9.79 Å². The molecule has 0 fully saturated rings. The van der Waals surface area contributed by atoms with E-state index in [1.807, 2.05) is 61.5 Å². The number of rotatable bonds is 6. The predicted octanol–water partition coefficient (Wildman–Crippen LogP) is 4.85. The first-order chi connectivity index (χ1) is 13.1. The van der Waals surface area contributed by atoms with Crippen molar-refractivity contribution in [1.29, 1.82) is 0 Å². The van der Waals surface area contributed by atoms with Gasteiger partial charge in [0, 0.05) is 5.56 Å². The summed E-state index contributed by atoms with van der Waals surface area (Å²) in [5, 5.41) is 0.206. The average Bonchev–Trinajstić information content (AvgIpc) is 2.68. The predicted molar refractivity (Wildman–Crippen MR) is 112 cm³/mol. The van der Waals surface area contributed by atoms with Crippen LogP contribution in [0.15, 0.2) is 65.2 Å². The number of carbonyl (C=O) groups is 1. The molecule has 2 aromatic carbocycles. The van der Waals surface area contributed by atoms with Crippen molar-refractivity contribution >= 4 is 28.6 Å². The third-order valence-electron chi connectivity index (χ3n) is 4.36. The maximum Gasteiger partial charge on any atom is 0.337 e. The van der Waals surface area contributed by atoms with Crippen molar-refractivity contribution in [3.63, 3.8) is 0 Å². The van der Waals surface area contributed by atoms with Crippen molar-refractivity contribution in [2.45, 2.75) is 31.9 Å². The second-order valence-electron chi connectivity index (χ2n) is 6.48. The first-order valence-corrected chi connectivity index (χ1v) is 10.0. The summed E-state index contributed by atoms with van der Waals surface area (Å²) in [5.74, 6) is -0.323. The smallest absolute Gasteiger partial charge is 0.337 e. The minimum Gasteiger partial charge on any atom is -0.462 e. The number of aryl methyl sites for hydroxylation is 1. The molecule has 1 heterocycles. The van der Waals surface area contributed by atoms with E-state index < -0.39 is 0 Å². The van der Waals surface area contributed by atoms with Gasteiger partial charge in [-0.1, -0.05) is 85.3 Å². The van der Waals surface area contributed by atoms with Crippen LogP contribution in [0.2, 0.25) is 0 Å². The summed E-state index contributed by atoms with van der Waals surface area (Å²) < 4.78 is 5.56. The van der Waals surface area contributed by atoms with Crippen LogP contribution in [0.1, 0.15) is 41.7 Å². The minimum atomic E-state index is -0.323. The van der Waals surface area contributed by atoms with E-state index in [4.69, 9.17) is 10.5 Å². The van der Waals surface area contributed by atoms with Crippen LogP contribution in [-0.4, -0.2) is 17.7 Å². The largest absolute Gasteiger partial charge is 0.462 e. The maximum atomic E-state index is 13.0. The van der Waals surface area contributed by atoms with Gasteiger partial charge in [-0.15, -0.1) is 0 Å². The van der Waals surface area contributed by atoms with Crippen LogP contribution >= 0.6 is 11.8 Å². The lowest BCUT2D eigenvalue weighted by molar-refractivity contribution is -0.139. The maximum absolute atomic E-state index is 13.0. The van der Waals surface area contributed by atoms with E-state index in [0.29, 0.717) is 23.0 Å². The summed E-state index contributed by atoms with van der Waals surface area (Å²) in [4.78, 5) is 17.5. The number of unbranched alkanes of at least 4 members (excludes halogenated alkanes) is 1. The monoisotopic (exact) mass is 380 g/mol. The Balaban J connectivity index is 2.09. The number of hydrogen-bond acceptors (Lipinski definition) is 5. The number of benzene rings is 2. The fraction of sp³-hybridized carbons (Fsp3) is 0.273. The van der Waals surface area contributed by atoms with Gasteiger partial charge in [-0.05, 0) is 18.9 Å². The van der Waals surface area contributed by atoms with E-state index in [2.05, 4.69) is 11.9 Å². The third kappa shape index (κ3) is 4.61. The van der Waals surface area contributed by atoms with E-state index in [-0.39, 0.29) is 11.2 Å². The SMILES string of the molecule is CCCCOC(=O)C1=C(c2ccccc2)N=C(N)SC1c1ccc(C)cc1. The van der Waals surface area contributed by atoms with Gasteiger partial charge in [-0.3, -0.25) is 0 Å². The molecule has 0 aromatic heterocycles. The number of aliphatic imine (C=N–C) groups is 1. The Kier molecular flexibility index (Phi) is 6.35. The zero-order valence-electron chi connectivity index (χ0n) is 15.6. The summed E-state index contributed by atoms with van der Waals surface area (Å²) in [5.41, 5.74) is 10.3. The van der Waals surface area contributed by atoms with Crippen LogP contribution in [0.25, 0.3) is 5.70 Å². The minimum absolute atomic E-state index is 0.243. The van der Waals surface area contributed by atoms with E-state index in [1.54, 1.807) is 0 Å². The number of thioether (sulfide) groups is 1. The fourth-order valence-electron chi connectivity index (χ4n) is 2.88. The van der Waals surface area contributed by atoms with Gasteiger partial charge < -0.3 is 10.5 Å². The Bertz CT molecular complexity index is 858. The van der Waals surface area contributed by atoms with Crippen molar-refractivity contribution < 1.29 is 9.53 Å². The first-order valence-electron chi connectivity index (χ1n) is 9.14.